The molecule has 0 aromatic heterocycles. The first kappa shape index (κ1) is 7.76. The van der Waals surface area contributed by atoms with Gasteiger partial charge in [0.15, 0.2) is 0 Å². The normalized spacial score (nSPS) is 8.75. The van der Waals surface area contributed by atoms with E-state index in [0.717, 1.165) is 11.3 Å². The second-order valence-electron chi connectivity index (χ2n) is 1.58. The number of nitrogens with one attached hydrogen (secondary N) is 1. The van der Waals surface area contributed by atoms with Crippen LogP contribution in [0.4, 0.5) is 0 Å². The minimum atomic E-state index is 0.692. The molecule has 0 unspecified atom stereocenters. The van der Waals surface area contributed by atoms with Crippen molar-refractivity contribution in [1.82, 2.24) is 0 Å². The summed E-state index contributed by atoms with van der Waals surface area (Å²) < 4.78 is 0. The minimum Gasteiger partial charge on any atom is -0.298 e. The molecule has 46 valence electrons. The molecule has 0 bridgehead atoms. The molecule has 0 aliphatic heterocycles. The standard InChI is InChI=1S/C6H11NS/c1-4-6(7)8-5(2)3/h7H,2,4H2,1,3H3. The van der Waals surface area contributed by atoms with Crippen LogP contribution in [0, 0.1) is 5.41 Å². The van der Waals surface area contributed by atoms with Gasteiger partial charge in [-0.05, 0) is 18.2 Å². The van der Waals surface area contributed by atoms with E-state index in [-0.39, 0.29) is 0 Å². The van der Waals surface area contributed by atoms with Gasteiger partial charge in [0, 0.05) is 0 Å². The predicted octanol–water partition coefficient (Wildman–Crippen LogP) is 2.64. The van der Waals surface area contributed by atoms with Crippen molar-refractivity contribution in [2.45, 2.75) is 20.3 Å². The third-order valence-electron chi connectivity index (χ3n) is 0.619. The first-order chi connectivity index (χ1) is 3.66. The van der Waals surface area contributed by atoms with Gasteiger partial charge >= 0.3 is 0 Å². The van der Waals surface area contributed by atoms with Crippen molar-refractivity contribution >= 4 is 16.8 Å². The average Bonchev–Trinajstić information content (AvgIpc) is 1.65. The summed E-state index contributed by atoms with van der Waals surface area (Å²) in [4.78, 5) is 0.997. The quantitative estimate of drug-likeness (QED) is 0.449. The Kier molecular flexibility index (Phi) is 3.61. The van der Waals surface area contributed by atoms with Crippen LogP contribution in [0.2, 0.25) is 0 Å². The number of hydrogen-bond acceptors (Lipinski definition) is 2. The molecule has 0 atom stereocenters. The molecule has 0 rings (SSSR count). The molecule has 0 aromatic rings. The van der Waals surface area contributed by atoms with Crippen LogP contribution in [0.3, 0.4) is 0 Å². The highest BCUT2D eigenvalue weighted by Gasteiger charge is 1.91. The van der Waals surface area contributed by atoms with Gasteiger partial charge in [0.05, 0.1) is 5.04 Å². The summed E-state index contributed by atoms with van der Waals surface area (Å²) in [5.41, 5.74) is 0. The molecule has 1 nitrogen and oxygen atoms in total. The lowest BCUT2D eigenvalue weighted by molar-refractivity contribution is 1.28. The van der Waals surface area contributed by atoms with E-state index in [0.29, 0.717) is 5.04 Å². The minimum absolute atomic E-state index is 0.692. The lowest BCUT2D eigenvalue weighted by Gasteiger charge is -1.95. The van der Waals surface area contributed by atoms with Crippen molar-refractivity contribution in [3.63, 3.8) is 0 Å². The fourth-order valence-corrected chi connectivity index (χ4v) is 0.847. The molecular formula is C6H11NS. The summed E-state index contributed by atoms with van der Waals surface area (Å²) >= 11 is 1.44. The van der Waals surface area contributed by atoms with E-state index in [4.69, 9.17) is 5.41 Å². The maximum absolute atomic E-state index is 7.17. The maximum atomic E-state index is 7.17. The van der Waals surface area contributed by atoms with Gasteiger partial charge < -0.3 is 0 Å². The van der Waals surface area contributed by atoms with Crippen LogP contribution in [0.25, 0.3) is 0 Å². The van der Waals surface area contributed by atoms with E-state index in [2.05, 4.69) is 6.58 Å². The van der Waals surface area contributed by atoms with Crippen LogP contribution in [-0.2, 0) is 0 Å². The van der Waals surface area contributed by atoms with E-state index < -0.39 is 0 Å². The van der Waals surface area contributed by atoms with E-state index in [9.17, 15) is 0 Å². The molecule has 0 heterocycles. The molecule has 8 heavy (non-hydrogen) atoms. The summed E-state index contributed by atoms with van der Waals surface area (Å²) in [5.74, 6) is 0. The molecule has 0 aliphatic carbocycles. The summed E-state index contributed by atoms with van der Waals surface area (Å²) in [6.45, 7) is 7.55. The van der Waals surface area contributed by atoms with Gasteiger partial charge in [-0.3, -0.25) is 5.41 Å². The van der Waals surface area contributed by atoms with Crippen LogP contribution < -0.4 is 0 Å². The van der Waals surface area contributed by atoms with Crippen molar-refractivity contribution in [3.8, 4) is 0 Å². The first-order valence-corrected chi connectivity index (χ1v) is 3.39. The summed E-state index contributed by atoms with van der Waals surface area (Å²) in [5, 5.41) is 7.86. The number of allylic oxidation sites excluding steroid dienone is 1. The largest absolute Gasteiger partial charge is 0.298 e. The van der Waals surface area contributed by atoms with Crippen molar-refractivity contribution in [2.75, 3.05) is 0 Å². The fraction of sp³-hybridized carbons (Fsp3) is 0.500. The monoisotopic (exact) mass is 129 g/mol. The number of thioether (sulfide) groups is 1. The lowest BCUT2D eigenvalue weighted by Crippen LogP contribution is -1.83. The van der Waals surface area contributed by atoms with Crippen LogP contribution in [0.5, 0.6) is 0 Å². The number of hydrogen-bond donors (Lipinski definition) is 1. The summed E-state index contributed by atoms with van der Waals surface area (Å²) in [7, 11) is 0. The molecule has 0 aromatic carbocycles. The Morgan fingerprint density at radius 1 is 1.75 bits per heavy atom. The van der Waals surface area contributed by atoms with Crippen molar-refractivity contribution in [3.05, 3.63) is 11.5 Å². The molecular weight excluding hydrogens is 118 g/mol. The highest BCUT2D eigenvalue weighted by Crippen LogP contribution is 2.14. The fourth-order valence-electron chi connectivity index (χ4n) is 0.282. The van der Waals surface area contributed by atoms with Gasteiger partial charge in [0.1, 0.15) is 0 Å². The van der Waals surface area contributed by atoms with Gasteiger partial charge in [-0.2, -0.15) is 0 Å². The van der Waals surface area contributed by atoms with Crippen LogP contribution >= 0.6 is 11.8 Å². The van der Waals surface area contributed by atoms with E-state index in [1.165, 1.54) is 11.8 Å². The topological polar surface area (TPSA) is 23.9 Å². The van der Waals surface area contributed by atoms with E-state index >= 15 is 0 Å². The molecule has 0 spiro atoms. The first-order valence-electron chi connectivity index (χ1n) is 2.57. The second-order valence-corrected chi connectivity index (χ2v) is 2.97. The Hall–Kier alpha value is -0.240. The lowest BCUT2D eigenvalue weighted by atomic mass is 10.5. The molecule has 0 saturated heterocycles. The highest BCUT2D eigenvalue weighted by atomic mass is 32.2. The van der Waals surface area contributed by atoms with Crippen LogP contribution in [-0.4, -0.2) is 5.04 Å². The molecule has 1 N–H and O–H groups in total. The smallest absolute Gasteiger partial charge is 0.0682 e. The van der Waals surface area contributed by atoms with Gasteiger partial charge in [-0.15, -0.1) is 0 Å². The second kappa shape index (κ2) is 3.72. The molecule has 0 radical (unpaired) electrons. The van der Waals surface area contributed by atoms with E-state index in [1.54, 1.807) is 0 Å². The van der Waals surface area contributed by atoms with Gasteiger partial charge in [-0.25, -0.2) is 0 Å². The zero-order chi connectivity index (χ0) is 6.57. The van der Waals surface area contributed by atoms with Gasteiger partial charge in [0.2, 0.25) is 0 Å². The Morgan fingerprint density at radius 3 is 2.38 bits per heavy atom. The van der Waals surface area contributed by atoms with Crippen LogP contribution in [0.1, 0.15) is 20.3 Å². The molecule has 0 saturated carbocycles. The molecule has 0 aliphatic rings. The maximum Gasteiger partial charge on any atom is 0.0682 e. The number of rotatable bonds is 2. The summed E-state index contributed by atoms with van der Waals surface area (Å²) in [6.07, 6.45) is 0.817. The SMILES string of the molecule is C=C(C)SC(=N)CC. The third-order valence-corrected chi connectivity index (χ3v) is 1.50. The van der Waals surface area contributed by atoms with Gasteiger partial charge in [-0.1, -0.05) is 25.3 Å². The molecule has 0 fully saturated rings. The zero-order valence-corrected chi connectivity index (χ0v) is 6.14. The predicted molar refractivity (Wildman–Crippen MR) is 40.4 cm³/mol. The Labute approximate surface area is 54.7 Å². The van der Waals surface area contributed by atoms with Crippen molar-refractivity contribution in [2.24, 2.45) is 0 Å². The molecule has 0 amide bonds. The van der Waals surface area contributed by atoms with E-state index in [1.807, 2.05) is 13.8 Å². The Balaban J connectivity index is 3.40. The highest BCUT2D eigenvalue weighted by molar-refractivity contribution is 8.17. The average molecular weight is 129 g/mol. The Morgan fingerprint density at radius 2 is 2.25 bits per heavy atom. The van der Waals surface area contributed by atoms with Crippen molar-refractivity contribution in [1.29, 1.82) is 5.41 Å². The van der Waals surface area contributed by atoms with Crippen LogP contribution in [0.15, 0.2) is 11.5 Å². The zero-order valence-electron chi connectivity index (χ0n) is 5.32. The molecule has 2 heteroatoms. The van der Waals surface area contributed by atoms with Crippen molar-refractivity contribution < 1.29 is 0 Å². The summed E-state index contributed by atoms with van der Waals surface area (Å²) in [6, 6.07) is 0. The Bertz CT molecular complexity index is 107. The van der Waals surface area contributed by atoms with Gasteiger partial charge in [0.25, 0.3) is 0 Å². The third kappa shape index (κ3) is 3.93.